The highest BCUT2D eigenvalue weighted by Crippen LogP contribution is 2.31. The first-order valence-corrected chi connectivity index (χ1v) is 7.90. The number of thioether (sulfide) groups is 1. The Kier molecular flexibility index (Phi) is 4.45. The van der Waals surface area contributed by atoms with E-state index < -0.39 is 0 Å². The van der Waals surface area contributed by atoms with E-state index in [9.17, 15) is 9.59 Å². The lowest BCUT2D eigenvalue weighted by atomic mass is 10.1. The molecule has 1 aliphatic heterocycles. The van der Waals surface area contributed by atoms with Crippen molar-refractivity contribution in [1.29, 1.82) is 0 Å². The van der Waals surface area contributed by atoms with E-state index in [1.54, 1.807) is 18.3 Å². The molecule has 1 saturated heterocycles. The molecule has 2 atom stereocenters. The van der Waals surface area contributed by atoms with Crippen LogP contribution >= 0.6 is 23.1 Å². The van der Waals surface area contributed by atoms with E-state index >= 15 is 0 Å². The molecule has 0 radical (unpaired) electrons. The van der Waals surface area contributed by atoms with Crippen LogP contribution in [0.1, 0.15) is 31.2 Å². The molecule has 0 aromatic carbocycles. The van der Waals surface area contributed by atoms with Crippen LogP contribution in [-0.4, -0.2) is 28.2 Å². The third-order valence-corrected chi connectivity index (χ3v) is 5.27. The summed E-state index contributed by atoms with van der Waals surface area (Å²) in [7, 11) is 0. The van der Waals surface area contributed by atoms with Crippen molar-refractivity contribution in [2.75, 3.05) is 12.3 Å². The minimum atomic E-state index is 0.132. The van der Waals surface area contributed by atoms with Crippen molar-refractivity contribution in [1.82, 2.24) is 4.90 Å². The molecule has 0 N–H and O–H groups in total. The maximum Gasteiger partial charge on any atom is 0.223 e. The van der Waals surface area contributed by atoms with Crippen LogP contribution in [0, 0.1) is 5.92 Å². The Labute approximate surface area is 116 Å². The summed E-state index contributed by atoms with van der Waals surface area (Å²) in [5.41, 5.74) is 0. The van der Waals surface area contributed by atoms with Gasteiger partial charge >= 0.3 is 0 Å². The summed E-state index contributed by atoms with van der Waals surface area (Å²) in [4.78, 5) is 26.1. The summed E-state index contributed by atoms with van der Waals surface area (Å²) in [5.74, 6) is 1.29. The number of likely N-dealkylation sites (tertiary alicyclic amines) is 1. The molecule has 5 heteroatoms. The summed E-state index contributed by atoms with van der Waals surface area (Å²) < 4.78 is 0. The third kappa shape index (κ3) is 3.14. The zero-order valence-corrected chi connectivity index (χ0v) is 12.2. The van der Waals surface area contributed by atoms with Gasteiger partial charge in [-0.1, -0.05) is 17.8 Å². The van der Waals surface area contributed by atoms with Gasteiger partial charge in [0.1, 0.15) is 0 Å². The van der Waals surface area contributed by atoms with Crippen LogP contribution in [0.3, 0.4) is 0 Å². The SMILES string of the molecule is CC(=O)SCC1CC(=O)N(C(C)c2cccs2)C1. The standard InChI is InChI=1S/C13H17NO2S2/c1-9(12-4-3-5-17-12)14-7-11(6-13(14)16)8-18-10(2)15/h3-5,9,11H,6-8H2,1-2H3. The maximum atomic E-state index is 12.0. The first-order chi connectivity index (χ1) is 8.58. The number of amides is 1. The van der Waals surface area contributed by atoms with Crippen molar-refractivity contribution in [2.24, 2.45) is 5.92 Å². The summed E-state index contributed by atoms with van der Waals surface area (Å²) in [6, 6.07) is 4.24. The maximum absolute atomic E-state index is 12.0. The van der Waals surface area contributed by atoms with E-state index in [0.717, 1.165) is 12.3 Å². The average molecular weight is 283 g/mol. The normalized spacial score (nSPS) is 21.3. The van der Waals surface area contributed by atoms with Crippen molar-refractivity contribution >= 4 is 34.1 Å². The number of carbonyl (C=O) groups is 2. The molecule has 0 spiro atoms. The molecule has 0 bridgehead atoms. The van der Waals surface area contributed by atoms with Gasteiger partial charge in [-0.25, -0.2) is 0 Å². The van der Waals surface area contributed by atoms with Crippen molar-refractivity contribution in [2.45, 2.75) is 26.3 Å². The predicted molar refractivity (Wildman–Crippen MR) is 75.7 cm³/mol. The Morgan fingerprint density at radius 1 is 1.67 bits per heavy atom. The highest BCUT2D eigenvalue weighted by Gasteiger charge is 2.33. The number of carbonyl (C=O) groups excluding carboxylic acids is 2. The van der Waals surface area contributed by atoms with Gasteiger partial charge in [0.15, 0.2) is 5.12 Å². The Hall–Kier alpha value is -0.810. The van der Waals surface area contributed by atoms with Gasteiger partial charge in [-0.2, -0.15) is 0 Å². The van der Waals surface area contributed by atoms with Crippen molar-refractivity contribution in [3.8, 4) is 0 Å². The average Bonchev–Trinajstić information content (AvgIpc) is 2.94. The van der Waals surface area contributed by atoms with E-state index in [4.69, 9.17) is 0 Å². The minimum absolute atomic E-state index is 0.132. The van der Waals surface area contributed by atoms with Gasteiger partial charge in [0.2, 0.25) is 5.91 Å². The van der Waals surface area contributed by atoms with Gasteiger partial charge in [0.25, 0.3) is 0 Å². The number of nitrogens with zero attached hydrogens (tertiary/aromatic N) is 1. The monoisotopic (exact) mass is 283 g/mol. The van der Waals surface area contributed by atoms with Crippen molar-refractivity contribution < 1.29 is 9.59 Å². The molecule has 18 heavy (non-hydrogen) atoms. The van der Waals surface area contributed by atoms with Crippen LogP contribution in [0.5, 0.6) is 0 Å². The van der Waals surface area contributed by atoms with Crippen LogP contribution in [0.25, 0.3) is 0 Å². The number of hydrogen-bond donors (Lipinski definition) is 0. The van der Waals surface area contributed by atoms with Crippen molar-refractivity contribution in [3.63, 3.8) is 0 Å². The fourth-order valence-corrected chi connectivity index (χ4v) is 3.70. The van der Waals surface area contributed by atoms with E-state index in [1.165, 1.54) is 16.6 Å². The largest absolute Gasteiger partial charge is 0.335 e. The second-order valence-electron chi connectivity index (χ2n) is 4.61. The van der Waals surface area contributed by atoms with Crippen LogP contribution in [-0.2, 0) is 9.59 Å². The molecule has 1 aromatic heterocycles. The van der Waals surface area contributed by atoms with E-state index in [1.807, 2.05) is 16.3 Å². The summed E-state index contributed by atoms with van der Waals surface area (Å²) in [6.07, 6.45) is 0.579. The molecule has 1 aliphatic rings. The van der Waals surface area contributed by atoms with Crippen molar-refractivity contribution in [3.05, 3.63) is 22.4 Å². The molecule has 2 unspecified atom stereocenters. The lowest BCUT2D eigenvalue weighted by Gasteiger charge is -2.23. The molecule has 0 aliphatic carbocycles. The fraction of sp³-hybridized carbons (Fsp3) is 0.538. The Bertz CT molecular complexity index is 430. The summed E-state index contributed by atoms with van der Waals surface area (Å²) in [5, 5.41) is 2.17. The van der Waals surface area contributed by atoms with E-state index in [0.29, 0.717) is 12.3 Å². The molecule has 2 rings (SSSR count). The van der Waals surface area contributed by atoms with Gasteiger partial charge in [0.05, 0.1) is 6.04 Å². The van der Waals surface area contributed by atoms with Crippen LogP contribution in [0.15, 0.2) is 17.5 Å². The Morgan fingerprint density at radius 3 is 3.06 bits per heavy atom. The zero-order valence-electron chi connectivity index (χ0n) is 10.6. The topological polar surface area (TPSA) is 37.4 Å². The first kappa shape index (κ1) is 13.6. The molecule has 3 nitrogen and oxygen atoms in total. The highest BCUT2D eigenvalue weighted by atomic mass is 32.2. The number of thiophene rings is 1. The lowest BCUT2D eigenvalue weighted by molar-refractivity contribution is -0.129. The van der Waals surface area contributed by atoms with Gasteiger partial charge in [0, 0.05) is 30.5 Å². The smallest absolute Gasteiger partial charge is 0.223 e. The third-order valence-electron chi connectivity index (χ3n) is 3.18. The molecular formula is C13H17NO2S2. The molecular weight excluding hydrogens is 266 g/mol. The molecule has 1 amide bonds. The van der Waals surface area contributed by atoms with Crippen LogP contribution in [0.4, 0.5) is 0 Å². The predicted octanol–water partition coefficient (Wildman–Crippen LogP) is 2.94. The number of hydrogen-bond acceptors (Lipinski definition) is 4. The minimum Gasteiger partial charge on any atom is -0.335 e. The molecule has 2 heterocycles. The van der Waals surface area contributed by atoms with Gasteiger partial charge in [-0.05, 0) is 24.3 Å². The first-order valence-electron chi connectivity index (χ1n) is 6.04. The van der Waals surface area contributed by atoms with Gasteiger partial charge in [-0.3, -0.25) is 9.59 Å². The molecule has 98 valence electrons. The van der Waals surface area contributed by atoms with E-state index in [2.05, 4.69) is 13.0 Å². The Balaban J connectivity index is 1.95. The highest BCUT2D eigenvalue weighted by molar-refractivity contribution is 8.13. The molecule has 1 aromatic rings. The lowest BCUT2D eigenvalue weighted by Crippen LogP contribution is -2.28. The number of rotatable bonds is 4. The van der Waals surface area contributed by atoms with Gasteiger partial charge < -0.3 is 4.90 Å². The Morgan fingerprint density at radius 2 is 2.44 bits per heavy atom. The van der Waals surface area contributed by atoms with Gasteiger partial charge in [-0.15, -0.1) is 11.3 Å². The second-order valence-corrected chi connectivity index (χ2v) is 6.79. The van der Waals surface area contributed by atoms with Crippen LogP contribution < -0.4 is 0 Å². The summed E-state index contributed by atoms with van der Waals surface area (Å²) >= 11 is 3.01. The second kappa shape index (κ2) is 5.89. The van der Waals surface area contributed by atoms with E-state index in [-0.39, 0.29) is 17.1 Å². The van der Waals surface area contributed by atoms with Crippen LogP contribution in [0.2, 0.25) is 0 Å². The quantitative estimate of drug-likeness (QED) is 0.852. The molecule has 1 fully saturated rings. The zero-order chi connectivity index (χ0) is 13.1. The fourth-order valence-electron chi connectivity index (χ4n) is 2.21. The summed E-state index contributed by atoms with van der Waals surface area (Å²) in [6.45, 7) is 4.43. The molecule has 0 saturated carbocycles.